The number of hydrogen-bond donors (Lipinski definition) is 2. The van der Waals surface area contributed by atoms with E-state index in [0.29, 0.717) is 5.75 Å². The van der Waals surface area contributed by atoms with E-state index in [1.807, 2.05) is 0 Å². The fourth-order valence-electron chi connectivity index (χ4n) is 2.61. The first kappa shape index (κ1) is 19.8. The maximum Gasteiger partial charge on any atom is 0.321 e. The van der Waals surface area contributed by atoms with Gasteiger partial charge in [0.1, 0.15) is 5.75 Å². The highest BCUT2D eigenvalue weighted by Crippen LogP contribution is 2.32. The molecule has 0 spiro atoms. The zero-order chi connectivity index (χ0) is 20.0. The van der Waals surface area contributed by atoms with Crippen LogP contribution in [0.4, 0.5) is 0 Å². The Kier molecular flexibility index (Phi) is 6.07. The van der Waals surface area contributed by atoms with Crippen LogP contribution in [0.3, 0.4) is 0 Å². The van der Waals surface area contributed by atoms with Gasteiger partial charge in [0.2, 0.25) is 0 Å². The van der Waals surface area contributed by atoms with E-state index in [4.69, 9.17) is 4.74 Å². The summed E-state index contributed by atoms with van der Waals surface area (Å²) in [7, 11) is 1.45. The van der Waals surface area contributed by atoms with Gasteiger partial charge in [-0.25, -0.2) is 0 Å². The van der Waals surface area contributed by atoms with Crippen molar-refractivity contribution in [3.05, 3.63) is 65.7 Å². The highest BCUT2D eigenvalue weighted by atomic mass is 16.5. The number of Topliss-reactive ketones (excluding diaryl/α,β-unsaturated/α-hetero) is 2. The molecule has 27 heavy (non-hydrogen) atoms. The Morgan fingerprint density at radius 1 is 0.778 bits per heavy atom. The van der Waals surface area contributed by atoms with Crippen molar-refractivity contribution in [3.8, 4) is 5.75 Å². The van der Waals surface area contributed by atoms with Crippen molar-refractivity contribution in [2.75, 3.05) is 7.11 Å². The predicted molar refractivity (Wildman–Crippen MR) is 95.0 cm³/mol. The summed E-state index contributed by atoms with van der Waals surface area (Å²) in [5, 5.41) is 19.1. The molecule has 2 N–H and O–H groups in total. The van der Waals surface area contributed by atoms with Gasteiger partial charge >= 0.3 is 11.9 Å². The van der Waals surface area contributed by atoms with Crippen molar-refractivity contribution in [1.29, 1.82) is 0 Å². The van der Waals surface area contributed by atoms with Crippen LogP contribution < -0.4 is 4.74 Å². The summed E-state index contributed by atoms with van der Waals surface area (Å²) in [6.45, 7) is 0. The maximum atomic E-state index is 12.5. The average molecular weight is 370 g/mol. The molecule has 7 nitrogen and oxygen atoms in total. The second kappa shape index (κ2) is 8.27. The molecule has 0 radical (unpaired) electrons. The van der Waals surface area contributed by atoms with Gasteiger partial charge in [0.15, 0.2) is 17.0 Å². The third-order valence-corrected chi connectivity index (χ3v) is 4.25. The van der Waals surface area contributed by atoms with Crippen molar-refractivity contribution in [1.82, 2.24) is 0 Å². The van der Waals surface area contributed by atoms with Gasteiger partial charge in [-0.2, -0.15) is 0 Å². The second-order valence-corrected chi connectivity index (χ2v) is 5.99. The van der Waals surface area contributed by atoms with Crippen LogP contribution in [0.15, 0.2) is 54.6 Å². The minimum absolute atomic E-state index is 0.134. The second-order valence-electron chi connectivity index (χ2n) is 5.99. The Morgan fingerprint density at radius 3 is 1.63 bits per heavy atom. The summed E-state index contributed by atoms with van der Waals surface area (Å²) in [5.41, 5.74) is -2.24. The Bertz CT molecular complexity index is 840. The summed E-state index contributed by atoms with van der Waals surface area (Å²) in [4.78, 5) is 48.5. The molecular formula is C20H18O7. The van der Waals surface area contributed by atoms with E-state index >= 15 is 0 Å². The predicted octanol–water partition coefficient (Wildman–Crippen LogP) is 2.70. The zero-order valence-corrected chi connectivity index (χ0v) is 14.5. The smallest absolute Gasteiger partial charge is 0.321 e. The van der Waals surface area contributed by atoms with E-state index < -0.39 is 41.8 Å². The van der Waals surface area contributed by atoms with E-state index in [1.54, 1.807) is 18.2 Å². The fraction of sp³-hybridized carbons (Fsp3) is 0.200. The van der Waals surface area contributed by atoms with Crippen LogP contribution >= 0.6 is 0 Å². The summed E-state index contributed by atoms with van der Waals surface area (Å²) in [5.74, 6) is -4.33. The van der Waals surface area contributed by atoms with Gasteiger partial charge in [-0.1, -0.05) is 30.3 Å². The first-order valence-electron chi connectivity index (χ1n) is 8.02. The average Bonchev–Trinajstić information content (AvgIpc) is 2.67. The van der Waals surface area contributed by atoms with E-state index in [9.17, 15) is 29.4 Å². The van der Waals surface area contributed by atoms with Gasteiger partial charge in [0.25, 0.3) is 0 Å². The number of carbonyl (C=O) groups excluding carboxylic acids is 2. The molecule has 0 amide bonds. The molecule has 0 aliphatic carbocycles. The Morgan fingerprint density at radius 2 is 1.22 bits per heavy atom. The molecule has 140 valence electrons. The number of hydrogen-bond acceptors (Lipinski definition) is 5. The van der Waals surface area contributed by atoms with Crippen molar-refractivity contribution in [2.45, 2.75) is 12.8 Å². The number of methoxy groups -OCH3 is 1. The van der Waals surface area contributed by atoms with Crippen LogP contribution in [0.1, 0.15) is 33.6 Å². The van der Waals surface area contributed by atoms with Gasteiger partial charge in [-0.05, 0) is 24.3 Å². The van der Waals surface area contributed by atoms with Gasteiger partial charge in [0, 0.05) is 24.0 Å². The molecule has 0 aliphatic rings. The molecule has 0 aromatic heterocycles. The van der Waals surface area contributed by atoms with Crippen LogP contribution in [-0.4, -0.2) is 40.8 Å². The number of carboxylic acids is 2. The molecule has 2 aromatic rings. The van der Waals surface area contributed by atoms with E-state index in [2.05, 4.69) is 0 Å². The first-order valence-corrected chi connectivity index (χ1v) is 8.02. The minimum atomic E-state index is -2.55. The SMILES string of the molecule is COc1ccc(C(=O)CC(CC(=O)c2ccccc2)(C(=O)O)C(=O)O)cc1. The first-order chi connectivity index (χ1) is 12.8. The highest BCUT2D eigenvalue weighted by Gasteiger charge is 2.50. The van der Waals surface area contributed by atoms with Crippen molar-refractivity contribution in [3.63, 3.8) is 0 Å². The largest absolute Gasteiger partial charge is 0.497 e. The summed E-state index contributed by atoms with van der Waals surface area (Å²) in [6.07, 6.45) is -1.67. The van der Waals surface area contributed by atoms with Crippen molar-refractivity contribution in [2.24, 2.45) is 5.41 Å². The number of ether oxygens (including phenoxy) is 1. The standard InChI is InChI=1S/C20H18O7/c1-27-15-9-7-14(8-10-15)17(22)12-20(18(23)24,19(25)26)11-16(21)13-5-3-2-4-6-13/h2-10H,11-12H2,1H3,(H,23,24)(H,25,26). The Labute approximate surface area is 155 Å². The number of carboxylic acid groups (broad SMARTS) is 2. The van der Waals surface area contributed by atoms with Crippen molar-refractivity contribution >= 4 is 23.5 Å². The quantitative estimate of drug-likeness (QED) is 0.514. The third kappa shape index (κ3) is 4.38. The van der Waals surface area contributed by atoms with Gasteiger partial charge in [0.05, 0.1) is 7.11 Å². The van der Waals surface area contributed by atoms with Gasteiger partial charge in [-0.3, -0.25) is 19.2 Å². The van der Waals surface area contributed by atoms with Gasteiger partial charge < -0.3 is 14.9 Å². The van der Waals surface area contributed by atoms with E-state index in [1.165, 1.54) is 43.5 Å². The topological polar surface area (TPSA) is 118 Å². The van der Waals surface area contributed by atoms with Crippen LogP contribution in [0.25, 0.3) is 0 Å². The lowest BCUT2D eigenvalue weighted by Gasteiger charge is -2.23. The minimum Gasteiger partial charge on any atom is -0.497 e. The van der Waals surface area contributed by atoms with Gasteiger partial charge in [-0.15, -0.1) is 0 Å². The van der Waals surface area contributed by atoms with Crippen LogP contribution in [0.5, 0.6) is 5.75 Å². The Hall–Kier alpha value is -3.48. The summed E-state index contributed by atoms with van der Waals surface area (Å²) < 4.78 is 4.98. The number of ketones is 2. The Balaban J connectivity index is 2.32. The number of benzene rings is 2. The van der Waals surface area contributed by atoms with Crippen LogP contribution in [-0.2, 0) is 9.59 Å². The molecule has 0 fully saturated rings. The van der Waals surface area contributed by atoms with Crippen LogP contribution in [0.2, 0.25) is 0 Å². The lowest BCUT2D eigenvalue weighted by atomic mass is 9.76. The molecule has 0 aliphatic heterocycles. The normalized spacial score (nSPS) is 10.9. The van der Waals surface area contributed by atoms with Crippen molar-refractivity contribution < 1.29 is 34.1 Å². The lowest BCUT2D eigenvalue weighted by Crippen LogP contribution is -2.43. The van der Waals surface area contributed by atoms with E-state index in [0.717, 1.165) is 0 Å². The summed E-state index contributed by atoms with van der Waals surface area (Å²) in [6, 6.07) is 13.6. The molecule has 0 atom stereocenters. The number of carbonyl (C=O) groups is 4. The molecule has 2 rings (SSSR count). The molecule has 0 unspecified atom stereocenters. The fourth-order valence-corrected chi connectivity index (χ4v) is 2.61. The highest BCUT2D eigenvalue weighted by molar-refractivity contribution is 6.11. The number of aliphatic carboxylic acids is 2. The molecule has 0 saturated carbocycles. The lowest BCUT2D eigenvalue weighted by molar-refractivity contribution is -0.164. The summed E-state index contributed by atoms with van der Waals surface area (Å²) >= 11 is 0. The molecule has 2 aromatic carbocycles. The van der Waals surface area contributed by atoms with E-state index in [-0.39, 0.29) is 11.1 Å². The van der Waals surface area contributed by atoms with Crippen LogP contribution in [0, 0.1) is 5.41 Å². The molecule has 0 heterocycles. The third-order valence-electron chi connectivity index (χ3n) is 4.25. The zero-order valence-electron chi connectivity index (χ0n) is 14.5. The molecule has 0 saturated heterocycles. The maximum absolute atomic E-state index is 12.5. The molecular weight excluding hydrogens is 352 g/mol. The molecule has 7 heteroatoms. The monoisotopic (exact) mass is 370 g/mol. The molecule has 0 bridgehead atoms. The number of rotatable bonds is 9.